The van der Waals surface area contributed by atoms with Gasteiger partial charge in [-0.15, -0.1) is 0 Å². The number of rotatable bonds is 8. The van der Waals surface area contributed by atoms with Crippen LogP contribution in [-0.4, -0.2) is 40.8 Å². The topological polar surface area (TPSA) is 90.9 Å². The van der Waals surface area contributed by atoms with Gasteiger partial charge >= 0.3 is 0 Å². The Balaban J connectivity index is 1.43. The molecule has 0 aliphatic carbocycles. The fourth-order valence-electron chi connectivity index (χ4n) is 2.91. The molecule has 1 N–H and O–H groups in total. The van der Waals surface area contributed by atoms with Crippen LogP contribution in [0.2, 0.25) is 0 Å². The van der Waals surface area contributed by atoms with E-state index in [1.807, 2.05) is 6.92 Å². The van der Waals surface area contributed by atoms with Crippen LogP contribution in [0.15, 0.2) is 53.4 Å². The van der Waals surface area contributed by atoms with Gasteiger partial charge in [0.1, 0.15) is 19.0 Å². The summed E-state index contributed by atoms with van der Waals surface area (Å²) in [6.07, 6.45) is 1.47. The van der Waals surface area contributed by atoms with Gasteiger partial charge in [0.15, 0.2) is 0 Å². The predicted molar refractivity (Wildman–Crippen MR) is 108 cm³/mol. The maximum Gasteiger partial charge on any atom is 0.297 e. The minimum atomic E-state index is -3.80. The van der Waals surface area contributed by atoms with Crippen molar-refractivity contribution >= 4 is 21.7 Å². The summed E-state index contributed by atoms with van der Waals surface area (Å²) < 4.78 is 40.0. The van der Waals surface area contributed by atoms with Crippen molar-refractivity contribution in [1.82, 2.24) is 0 Å². The van der Waals surface area contributed by atoms with Gasteiger partial charge in [-0.1, -0.05) is 17.7 Å². The number of hydrogen-bond donors (Lipinski definition) is 1. The molecule has 1 amide bonds. The van der Waals surface area contributed by atoms with Gasteiger partial charge in [-0.05, 0) is 56.2 Å². The molecule has 156 valence electrons. The molecule has 7 nitrogen and oxygen atoms in total. The van der Waals surface area contributed by atoms with Gasteiger partial charge in [-0.3, -0.25) is 8.98 Å². The highest BCUT2D eigenvalue weighted by Gasteiger charge is 2.21. The molecule has 29 heavy (non-hydrogen) atoms. The molecule has 0 atom stereocenters. The number of benzene rings is 2. The summed E-state index contributed by atoms with van der Waals surface area (Å²) in [7, 11) is -3.80. The van der Waals surface area contributed by atoms with E-state index in [2.05, 4.69) is 5.32 Å². The second-order valence-electron chi connectivity index (χ2n) is 6.84. The summed E-state index contributed by atoms with van der Waals surface area (Å²) in [5.41, 5.74) is 1.66. The van der Waals surface area contributed by atoms with E-state index in [0.29, 0.717) is 24.7 Å². The molecule has 1 aliphatic heterocycles. The quantitative estimate of drug-likeness (QED) is 0.522. The largest absolute Gasteiger partial charge is 0.491 e. The summed E-state index contributed by atoms with van der Waals surface area (Å²) in [6.45, 7) is 3.10. The first-order chi connectivity index (χ1) is 13.9. The molecule has 1 aliphatic rings. The van der Waals surface area contributed by atoms with E-state index in [1.165, 1.54) is 12.1 Å². The number of amides is 1. The first-order valence-corrected chi connectivity index (χ1v) is 10.9. The van der Waals surface area contributed by atoms with Crippen molar-refractivity contribution in [1.29, 1.82) is 0 Å². The summed E-state index contributed by atoms with van der Waals surface area (Å²) in [5, 5.41) is 2.89. The Morgan fingerprint density at radius 2 is 1.69 bits per heavy atom. The lowest BCUT2D eigenvalue weighted by atomic mass is 9.99. The van der Waals surface area contributed by atoms with Crippen molar-refractivity contribution in [3.05, 3.63) is 54.1 Å². The van der Waals surface area contributed by atoms with Crippen molar-refractivity contribution in [2.75, 3.05) is 31.7 Å². The molecular formula is C21H25NO6S. The molecule has 8 heteroatoms. The van der Waals surface area contributed by atoms with Crippen LogP contribution in [0, 0.1) is 12.8 Å². The van der Waals surface area contributed by atoms with Crippen molar-refractivity contribution in [2.24, 2.45) is 5.92 Å². The smallest absolute Gasteiger partial charge is 0.297 e. The molecule has 0 bridgehead atoms. The van der Waals surface area contributed by atoms with E-state index in [0.717, 1.165) is 18.4 Å². The molecule has 2 aromatic carbocycles. The second kappa shape index (κ2) is 9.87. The molecule has 0 aromatic heterocycles. The number of carbonyl (C=O) groups is 1. The predicted octanol–water partition coefficient (Wildman–Crippen LogP) is 3.14. The molecule has 1 heterocycles. The summed E-state index contributed by atoms with van der Waals surface area (Å²) in [4.78, 5) is 12.3. The third kappa shape index (κ3) is 6.28. The third-order valence-electron chi connectivity index (χ3n) is 4.61. The number of nitrogens with one attached hydrogen (secondary N) is 1. The Labute approximate surface area is 171 Å². The van der Waals surface area contributed by atoms with E-state index >= 15 is 0 Å². The summed E-state index contributed by atoms with van der Waals surface area (Å²) in [6, 6.07) is 13.4. The van der Waals surface area contributed by atoms with E-state index in [-0.39, 0.29) is 29.9 Å². The highest BCUT2D eigenvalue weighted by Crippen LogP contribution is 2.20. The molecule has 0 spiro atoms. The maximum atomic E-state index is 12.2. The Kier molecular flexibility index (Phi) is 7.24. The number of ether oxygens (including phenoxy) is 2. The van der Waals surface area contributed by atoms with Crippen LogP contribution in [0.1, 0.15) is 18.4 Å². The van der Waals surface area contributed by atoms with Crippen molar-refractivity contribution in [2.45, 2.75) is 24.7 Å². The molecular weight excluding hydrogens is 394 g/mol. The Bertz CT molecular complexity index is 903. The van der Waals surface area contributed by atoms with Crippen molar-refractivity contribution in [3.63, 3.8) is 0 Å². The van der Waals surface area contributed by atoms with Crippen molar-refractivity contribution in [3.8, 4) is 5.75 Å². The molecule has 1 saturated heterocycles. The molecule has 0 unspecified atom stereocenters. The van der Waals surface area contributed by atoms with Gasteiger partial charge in [-0.2, -0.15) is 8.42 Å². The summed E-state index contributed by atoms with van der Waals surface area (Å²) in [5.74, 6) is 0.536. The van der Waals surface area contributed by atoms with Crippen LogP contribution in [-0.2, 0) is 23.8 Å². The van der Waals surface area contributed by atoms with Gasteiger partial charge in [0.2, 0.25) is 5.91 Å². The van der Waals surface area contributed by atoms with Crippen LogP contribution in [0.25, 0.3) is 0 Å². The van der Waals surface area contributed by atoms with Gasteiger partial charge in [0.25, 0.3) is 10.1 Å². The SMILES string of the molecule is Cc1ccc(S(=O)(=O)OCCOc2ccc(NC(=O)C3CCOCC3)cc2)cc1. The standard InChI is InChI=1S/C21H25NO6S/c1-16-2-8-20(9-3-16)29(24,25)28-15-14-27-19-6-4-18(5-7-19)22-21(23)17-10-12-26-13-11-17/h2-9,17H,10-15H2,1H3,(H,22,23). The van der Waals surface area contributed by atoms with Gasteiger partial charge in [0.05, 0.1) is 4.90 Å². The van der Waals surface area contributed by atoms with E-state index in [4.69, 9.17) is 13.7 Å². The normalized spacial score (nSPS) is 15.1. The van der Waals surface area contributed by atoms with E-state index < -0.39 is 10.1 Å². The zero-order valence-electron chi connectivity index (χ0n) is 16.3. The van der Waals surface area contributed by atoms with Crippen LogP contribution in [0.3, 0.4) is 0 Å². The maximum absolute atomic E-state index is 12.2. The lowest BCUT2D eigenvalue weighted by molar-refractivity contribution is -0.122. The number of aryl methyl sites for hydroxylation is 1. The van der Waals surface area contributed by atoms with Crippen LogP contribution >= 0.6 is 0 Å². The van der Waals surface area contributed by atoms with E-state index in [9.17, 15) is 13.2 Å². The fourth-order valence-corrected chi connectivity index (χ4v) is 3.81. The lowest BCUT2D eigenvalue weighted by Gasteiger charge is -2.21. The molecule has 0 radical (unpaired) electrons. The third-order valence-corrected chi connectivity index (χ3v) is 5.94. The molecule has 0 saturated carbocycles. The second-order valence-corrected chi connectivity index (χ2v) is 8.45. The van der Waals surface area contributed by atoms with Gasteiger partial charge < -0.3 is 14.8 Å². The van der Waals surface area contributed by atoms with Crippen molar-refractivity contribution < 1.29 is 26.9 Å². The number of anilines is 1. The van der Waals surface area contributed by atoms with Gasteiger partial charge in [0, 0.05) is 24.8 Å². The Morgan fingerprint density at radius 3 is 2.34 bits per heavy atom. The Hall–Kier alpha value is -2.42. The number of hydrogen-bond acceptors (Lipinski definition) is 6. The first-order valence-electron chi connectivity index (χ1n) is 9.51. The Morgan fingerprint density at radius 1 is 1.03 bits per heavy atom. The average Bonchev–Trinajstić information content (AvgIpc) is 2.73. The van der Waals surface area contributed by atoms with Crippen LogP contribution in [0.5, 0.6) is 5.75 Å². The first kappa shape index (κ1) is 21.3. The molecule has 1 fully saturated rings. The summed E-state index contributed by atoms with van der Waals surface area (Å²) >= 11 is 0. The van der Waals surface area contributed by atoms with E-state index in [1.54, 1.807) is 36.4 Å². The minimum absolute atomic E-state index is 0.00307. The monoisotopic (exact) mass is 419 g/mol. The lowest BCUT2D eigenvalue weighted by Crippen LogP contribution is -2.28. The zero-order chi connectivity index (χ0) is 20.7. The molecule has 3 rings (SSSR count). The van der Waals surface area contributed by atoms with Crippen LogP contribution in [0.4, 0.5) is 5.69 Å². The fraction of sp³-hybridized carbons (Fsp3) is 0.381. The zero-order valence-corrected chi connectivity index (χ0v) is 17.1. The highest BCUT2D eigenvalue weighted by molar-refractivity contribution is 7.86. The minimum Gasteiger partial charge on any atom is -0.491 e. The average molecular weight is 419 g/mol. The molecule has 2 aromatic rings. The van der Waals surface area contributed by atoms with Crippen LogP contribution < -0.4 is 10.1 Å². The van der Waals surface area contributed by atoms with Gasteiger partial charge in [-0.25, -0.2) is 0 Å². The number of carbonyl (C=O) groups excluding carboxylic acids is 1. The highest BCUT2D eigenvalue weighted by atomic mass is 32.2.